The number of hydrogen-bond acceptors (Lipinski definition) is 5. The number of hydrogen-bond donors (Lipinski definition) is 1. The quantitative estimate of drug-likeness (QED) is 0.849. The second kappa shape index (κ2) is 6.91. The molecular formula is C16H21NO3S. The molecule has 1 N–H and O–H groups in total. The average molecular weight is 307 g/mol. The largest absolute Gasteiger partial charge is 0.490 e. The van der Waals surface area contributed by atoms with E-state index in [0.717, 1.165) is 0 Å². The van der Waals surface area contributed by atoms with Crippen molar-refractivity contribution < 1.29 is 14.6 Å². The van der Waals surface area contributed by atoms with Gasteiger partial charge in [-0.25, -0.2) is 4.98 Å². The zero-order chi connectivity index (χ0) is 15.3. The van der Waals surface area contributed by atoms with Gasteiger partial charge >= 0.3 is 0 Å². The highest BCUT2D eigenvalue weighted by Gasteiger charge is 2.35. The highest BCUT2D eigenvalue weighted by molar-refractivity contribution is 7.07. The molecule has 0 saturated heterocycles. The van der Waals surface area contributed by atoms with Gasteiger partial charge in [-0.1, -0.05) is 19.1 Å². The SMILES string of the molecule is CCOc1cccc(C(O)(CC)c2cscn2)c1OCC. The smallest absolute Gasteiger partial charge is 0.167 e. The number of nitrogens with zero attached hydrogens (tertiary/aromatic N) is 1. The lowest BCUT2D eigenvalue weighted by Crippen LogP contribution is -2.27. The van der Waals surface area contributed by atoms with E-state index in [1.165, 1.54) is 11.3 Å². The van der Waals surface area contributed by atoms with Gasteiger partial charge in [-0.3, -0.25) is 0 Å². The third-order valence-electron chi connectivity index (χ3n) is 3.38. The third-order valence-corrected chi connectivity index (χ3v) is 3.97. The van der Waals surface area contributed by atoms with E-state index in [1.807, 2.05) is 44.4 Å². The molecule has 5 heteroatoms. The summed E-state index contributed by atoms with van der Waals surface area (Å²) in [4.78, 5) is 4.28. The molecule has 4 nitrogen and oxygen atoms in total. The fourth-order valence-corrected chi connectivity index (χ4v) is 2.95. The van der Waals surface area contributed by atoms with Gasteiger partial charge in [0, 0.05) is 10.9 Å². The van der Waals surface area contributed by atoms with Crippen LogP contribution in [0.1, 0.15) is 38.4 Å². The summed E-state index contributed by atoms with van der Waals surface area (Å²) in [5, 5.41) is 13.0. The lowest BCUT2D eigenvalue weighted by Gasteiger charge is -2.28. The van der Waals surface area contributed by atoms with Crippen LogP contribution in [0.15, 0.2) is 29.1 Å². The lowest BCUT2D eigenvalue weighted by atomic mass is 9.87. The Bertz CT molecular complexity index is 571. The molecule has 1 aromatic carbocycles. The van der Waals surface area contributed by atoms with Crippen LogP contribution in [0, 0.1) is 0 Å². The average Bonchev–Trinajstić information content (AvgIpc) is 3.03. The van der Waals surface area contributed by atoms with Gasteiger partial charge in [0.25, 0.3) is 0 Å². The second-order valence-corrected chi connectivity index (χ2v) is 5.31. The number of thiazole rings is 1. The molecule has 1 unspecified atom stereocenters. The van der Waals surface area contributed by atoms with Gasteiger partial charge in [-0.2, -0.15) is 0 Å². The lowest BCUT2D eigenvalue weighted by molar-refractivity contribution is 0.0684. The number of aliphatic hydroxyl groups is 1. The van der Waals surface area contributed by atoms with Gasteiger partial charge in [0.2, 0.25) is 0 Å². The first-order valence-corrected chi connectivity index (χ1v) is 8.11. The standard InChI is InChI=1S/C16H21NO3S/c1-4-16(18,14-10-21-11-17-14)12-8-7-9-13(19-5-2)15(12)20-6-3/h7-11,18H,4-6H2,1-3H3. The van der Waals surface area contributed by atoms with Crippen LogP contribution in [0.3, 0.4) is 0 Å². The van der Waals surface area contributed by atoms with Crippen molar-refractivity contribution in [1.82, 2.24) is 4.98 Å². The minimum Gasteiger partial charge on any atom is -0.490 e. The molecule has 0 radical (unpaired) electrons. The number of para-hydroxylation sites is 1. The molecule has 0 saturated carbocycles. The summed E-state index contributed by atoms with van der Waals surface area (Å²) in [7, 11) is 0. The van der Waals surface area contributed by atoms with Crippen molar-refractivity contribution in [1.29, 1.82) is 0 Å². The number of aromatic nitrogens is 1. The van der Waals surface area contributed by atoms with E-state index in [9.17, 15) is 5.11 Å². The Morgan fingerprint density at radius 2 is 1.95 bits per heavy atom. The summed E-state index contributed by atoms with van der Waals surface area (Å²) in [6.07, 6.45) is 0.506. The second-order valence-electron chi connectivity index (χ2n) is 4.59. The number of rotatable bonds is 7. The Balaban J connectivity index is 2.57. The van der Waals surface area contributed by atoms with Crippen LogP contribution in [-0.4, -0.2) is 23.3 Å². The molecule has 1 atom stereocenters. The number of benzene rings is 1. The van der Waals surface area contributed by atoms with Crippen LogP contribution >= 0.6 is 11.3 Å². The van der Waals surface area contributed by atoms with Crippen molar-refractivity contribution in [3.8, 4) is 11.5 Å². The molecule has 0 aliphatic carbocycles. The van der Waals surface area contributed by atoms with Gasteiger partial charge in [0.05, 0.1) is 24.4 Å². The predicted octanol–water partition coefficient (Wildman–Crippen LogP) is 3.59. The van der Waals surface area contributed by atoms with Crippen molar-refractivity contribution in [3.63, 3.8) is 0 Å². The maximum absolute atomic E-state index is 11.2. The van der Waals surface area contributed by atoms with Gasteiger partial charge < -0.3 is 14.6 Å². The fraction of sp³-hybridized carbons (Fsp3) is 0.438. The van der Waals surface area contributed by atoms with Crippen LogP contribution in [0.4, 0.5) is 0 Å². The summed E-state index contributed by atoms with van der Waals surface area (Å²) >= 11 is 1.47. The zero-order valence-electron chi connectivity index (χ0n) is 12.6. The molecule has 0 aliphatic heterocycles. The van der Waals surface area contributed by atoms with Crippen LogP contribution in [0.2, 0.25) is 0 Å². The van der Waals surface area contributed by atoms with E-state index in [4.69, 9.17) is 9.47 Å². The van der Waals surface area contributed by atoms with E-state index < -0.39 is 5.60 Å². The van der Waals surface area contributed by atoms with Gasteiger partial charge in [0.1, 0.15) is 5.60 Å². The summed E-state index contributed by atoms with van der Waals surface area (Å²) in [6, 6.07) is 5.60. The van der Waals surface area contributed by atoms with Crippen molar-refractivity contribution in [3.05, 3.63) is 40.3 Å². The van der Waals surface area contributed by atoms with Crippen LogP contribution in [0.5, 0.6) is 11.5 Å². The molecule has 0 amide bonds. The van der Waals surface area contributed by atoms with Crippen LogP contribution in [0.25, 0.3) is 0 Å². The minimum absolute atomic E-state index is 0.506. The normalized spacial score (nSPS) is 13.7. The maximum Gasteiger partial charge on any atom is 0.167 e. The molecule has 1 aromatic heterocycles. The first kappa shape index (κ1) is 15.8. The van der Waals surface area contributed by atoms with E-state index in [2.05, 4.69) is 4.98 Å². The van der Waals surface area contributed by atoms with E-state index in [-0.39, 0.29) is 0 Å². The Labute approximate surface area is 129 Å². The highest BCUT2D eigenvalue weighted by atomic mass is 32.1. The van der Waals surface area contributed by atoms with E-state index >= 15 is 0 Å². The van der Waals surface area contributed by atoms with Gasteiger partial charge in [0.15, 0.2) is 11.5 Å². The van der Waals surface area contributed by atoms with Crippen molar-refractivity contribution >= 4 is 11.3 Å². The zero-order valence-corrected chi connectivity index (χ0v) is 13.4. The van der Waals surface area contributed by atoms with Gasteiger partial charge in [-0.15, -0.1) is 11.3 Å². The predicted molar refractivity (Wildman–Crippen MR) is 84.2 cm³/mol. The molecule has 0 fully saturated rings. The van der Waals surface area contributed by atoms with Crippen molar-refractivity contribution in [2.75, 3.05) is 13.2 Å². The molecule has 0 spiro atoms. The first-order valence-electron chi connectivity index (χ1n) is 7.17. The molecule has 0 aliphatic rings. The van der Waals surface area contributed by atoms with Crippen molar-refractivity contribution in [2.24, 2.45) is 0 Å². The summed E-state index contributed by atoms with van der Waals surface area (Å²) in [6.45, 7) is 6.83. The third kappa shape index (κ3) is 3.04. The van der Waals surface area contributed by atoms with E-state index in [1.54, 1.807) is 5.51 Å². The first-order chi connectivity index (χ1) is 10.2. The monoisotopic (exact) mass is 307 g/mol. The van der Waals surface area contributed by atoms with Crippen LogP contribution in [-0.2, 0) is 5.60 Å². The van der Waals surface area contributed by atoms with Gasteiger partial charge in [-0.05, 0) is 26.3 Å². The molecule has 2 aromatic rings. The highest BCUT2D eigenvalue weighted by Crippen LogP contribution is 2.42. The van der Waals surface area contributed by atoms with E-state index in [0.29, 0.717) is 42.4 Å². The maximum atomic E-state index is 11.2. The molecular weight excluding hydrogens is 286 g/mol. The molecule has 0 bridgehead atoms. The van der Waals surface area contributed by atoms with Crippen molar-refractivity contribution in [2.45, 2.75) is 32.8 Å². The Kier molecular flexibility index (Phi) is 5.20. The Morgan fingerprint density at radius 1 is 1.19 bits per heavy atom. The summed E-state index contributed by atoms with van der Waals surface area (Å²) < 4.78 is 11.4. The molecule has 114 valence electrons. The Morgan fingerprint density at radius 3 is 2.52 bits per heavy atom. The number of ether oxygens (including phenoxy) is 2. The summed E-state index contributed by atoms with van der Waals surface area (Å²) in [5.41, 5.74) is 1.90. The Hall–Kier alpha value is -1.59. The van der Waals surface area contributed by atoms with Crippen LogP contribution < -0.4 is 9.47 Å². The molecule has 1 heterocycles. The fourth-order valence-electron chi connectivity index (χ4n) is 2.33. The summed E-state index contributed by atoms with van der Waals surface area (Å²) in [5.74, 6) is 1.25. The molecule has 21 heavy (non-hydrogen) atoms. The topological polar surface area (TPSA) is 51.6 Å². The molecule has 2 rings (SSSR count). The minimum atomic E-state index is -1.17.